The fraction of sp³-hybridized carbons (Fsp3) is 0.441. The Morgan fingerprint density at radius 3 is 2.49 bits per heavy atom. The number of aryl methyl sites for hydroxylation is 1. The van der Waals surface area contributed by atoms with Crippen LogP contribution in [-0.4, -0.2) is 53.1 Å². The van der Waals surface area contributed by atoms with Crippen LogP contribution in [0.15, 0.2) is 72.9 Å². The first-order valence-corrected chi connectivity index (χ1v) is 17.1. The number of sulfonamides is 1. The van der Waals surface area contributed by atoms with E-state index in [0.717, 1.165) is 22.0 Å². The summed E-state index contributed by atoms with van der Waals surface area (Å²) >= 11 is 0. The molecule has 45 heavy (non-hydrogen) atoms. The Morgan fingerprint density at radius 1 is 1.00 bits per heavy atom. The van der Waals surface area contributed by atoms with Crippen molar-refractivity contribution in [3.8, 4) is 5.69 Å². The van der Waals surface area contributed by atoms with Crippen LogP contribution in [0.2, 0.25) is 0 Å². The number of halogens is 4. The highest BCUT2D eigenvalue weighted by Crippen LogP contribution is 2.57. The van der Waals surface area contributed by atoms with Crippen LogP contribution in [0.25, 0.3) is 16.6 Å². The molecule has 2 aliphatic carbocycles. The van der Waals surface area contributed by atoms with Crippen molar-refractivity contribution in [3.05, 3.63) is 95.4 Å². The van der Waals surface area contributed by atoms with Gasteiger partial charge < -0.3 is 4.74 Å². The second-order valence-corrected chi connectivity index (χ2v) is 14.9. The molecule has 3 unspecified atom stereocenters. The minimum Gasteiger partial charge on any atom is -0.361 e. The van der Waals surface area contributed by atoms with E-state index in [1.165, 1.54) is 16.4 Å². The van der Waals surface area contributed by atoms with Gasteiger partial charge in [0, 0.05) is 23.9 Å². The van der Waals surface area contributed by atoms with Gasteiger partial charge in [-0.1, -0.05) is 30.3 Å². The van der Waals surface area contributed by atoms with Gasteiger partial charge in [0.1, 0.15) is 5.82 Å². The third-order valence-electron chi connectivity index (χ3n) is 10.3. The lowest BCUT2D eigenvalue weighted by atomic mass is 9.57. The fourth-order valence-electron chi connectivity index (χ4n) is 7.92. The van der Waals surface area contributed by atoms with E-state index < -0.39 is 33.1 Å². The van der Waals surface area contributed by atoms with Gasteiger partial charge in [0.25, 0.3) is 0 Å². The van der Waals surface area contributed by atoms with E-state index in [-0.39, 0.29) is 44.0 Å². The molecule has 0 bridgehead atoms. The summed E-state index contributed by atoms with van der Waals surface area (Å²) in [4.78, 5) is 0. The average Bonchev–Trinajstić information content (AvgIpc) is 3.53. The van der Waals surface area contributed by atoms with Gasteiger partial charge in [-0.2, -0.15) is 18.3 Å². The summed E-state index contributed by atoms with van der Waals surface area (Å²) in [7, 11) is -3.51. The molecule has 6 nitrogen and oxygen atoms in total. The minimum atomic E-state index is -4.59. The fourth-order valence-corrected chi connectivity index (χ4v) is 9.50. The quantitative estimate of drug-likeness (QED) is 0.211. The lowest BCUT2D eigenvalue weighted by molar-refractivity contribution is -0.301. The maximum absolute atomic E-state index is 15.0. The molecule has 238 valence electrons. The lowest BCUT2D eigenvalue weighted by Crippen LogP contribution is -2.59. The Morgan fingerprint density at radius 2 is 1.78 bits per heavy atom. The normalized spacial score (nSPS) is 26.8. The molecule has 0 amide bonds. The zero-order valence-corrected chi connectivity index (χ0v) is 25.6. The second-order valence-electron chi connectivity index (χ2n) is 12.8. The van der Waals surface area contributed by atoms with Crippen molar-refractivity contribution in [1.82, 2.24) is 14.1 Å². The van der Waals surface area contributed by atoms with Gasteiger partial charge in [-0.25, -0.2) is 21.8 Å². The number of alkyl halides is 3. The first-order chi connectivity index (χ1) is 21.5. The van der Waals surface area contributed by atoms with Gasteiger partial charge >= 0.3 is 6.18 Å². The van der Waals surface area contributed by atoms with Crippen LogP contribution in [0.4, 0.5) is 17.6 Å². The maximum atomic E-state index is 15.0. The molecule has 1 saturated carbocycles. The van der Waals surface area contributed by atoms with Gasteiger partial charge in [0.2, 0.25) is 10.0 Å². The Balaban J connectivity index is 1.32. The molecule has 3 aliphatic rings. The molecule has 4 aromatic rings. The molecule has 0 radical (unpaired) electrons. The molecular formula is C34H35F4N3O3S. The largest absolute Gasteiger partial charge is 0.417 e. The number of hydrogen-bond acceptors (Lipinski definition) is 4. The molecular weight excluding hydrogens is 606 g/mol. The summed E-state index contributed by atoms with van der Waals surface area (Å²) in [5.41, 5.74) is 0.942. The first-order valence-electron chi connectivity index (χ1n) is 15.5. The van der Waals surface area contributed by atoms with Gasteiger partial charge in [-0.15, -0.1) is 0 Å². The van der Waals surface area contributed by atoms with E-state index in [2.05, 4.69) is 5.10 Å². The molecule has 1 aliphatic heterocycles. The van der Waals surface area contributed by atoms with Crippen LogP contribution < -0.4 is 0 Å². The molecule has 2 heterocycles. The molecule has 3 aromatic carbocycles. The van der Waals surface area contributed by atoms with E-state index in [4.69, 9.17) is 4.74 Å². The zero-order chi connectivity index (χ0) is 31.5. The topological polar surface area (TPSA) is 64.4 Å². The van der Waals surface area contributed by atoms with Crippen molar-refractivity contribution >= 4 is 20.9 Å². The van der Waals surface area contributed by atoms with Crippen molar-refractivity contribution in [1.29, 1.82) is 0 Å². The second kappa shape index (κ2) is 11.2. The Hall–Kier alpha value is -3.28. The molecule has 7 rings (SSSR count). The monoisotopic (exact) mass is 641 g/mol. The molecule has 1 saturated heterocycles. The molecule has 0 N–H and O–H groups in total. The number of ether oxygens (including phenoxy) is 1. The molecule has 3 atom stereocenters. The highest BCUT2D eigenvalue weighted by Gasteiger charge is 2.63. The van der Waals surface area contributed by atoms with Crippen LogP contribution in [0.5, 0.6) is 0 Å². The molecule has 11 heteroatoms. The van der Waals surface area contributed by atoms with Crippen molar-refractivity contribution in [3.63, 3.8) is 0 Å². The van der Waals surface area contributed by atoms with Gasteiger partial charge in [0.05, 0.1) is 29.8 Å². The number of rotatable bonds is 6. The first kappa shape index (κ1) is 30.4. The Kier molecular flexibility index (Phi) is 7.56. The van der Waals surface area contributed by atoms with E-state index in [1.807, 2.05) is 18.2 Å². The predicted octanol–water partition coefficient (Wildman–Crippen LogP) is 7.09. The van der Waals surface area contributed by atoms with Crippen LogP contribution in [-0.2, 0) is 33.2 Å². The number of nitrogens with zero attached hydrogens (tertiary/aromatic N) is 3. The predicted molar refractivity (Wildman–Crippen MR) is 163 cm³/mol. The summed E-state index contributed by atoms with van der Waals surface area (Å²) < 4.78 is 94.2. The third kappa shape index (κ3) is 5.36. The van der Waals surface area contributed by atoms with Crippen LogP contribution in [0, 0.1) is 11.7 Å². The van der Waals surface area contributed by atoms with Crippen LogP contribution >= 0.6 is 0 Å². The van der Waals surface area contributed by atoms with Crippen molar-refractivity contribution in [2.24, 2.45) is 5.92 Å². The number of aromatic nitrogens is 2. The van der Waals surface area contributed by atoms with E-state index in [0.29, 0.717) is 43.5 Å². The summed E-state index contributed by atoms with van der Waals surface area (Å²) in [6.45, 7) is 0.364. The average molecular weight is 642 g/mol. The highest BCUT2D eigenvalue weighted by molar-refractivity contribution is 7.89. The van der Waals surface area contributed by atoms with Crippen molar-refractivity contribution in [2.75, 3.05) is 18.8 Å². The van der Waals surface area contributed by atoms with E-state index >= 15 is 13.2 Å². The smallest absolute Gasteiger partial charge is 0.361 e. The molecule has 0 spiro atoms. The lowest BCUT2D eigenvalue weighted by Gasteiger charge is -2.53. The molecule has 2 fully saturated rings. The van der Waals surface area contributed by atoms with Crippen molar-refractivity contribution in [2.45, 2.75) is 68.7 Å². The van der Waals surface area contributed by atoms with E-state index in [1.54, 1.807) is 47.3 Å². The summed E-state index contributed by atoms with van der Waals surface area (Å²) in [6.07, 6.45) is -0.897. The zero-order valence-electron chi connectivity index (χ0n) is 24.8. The van der Waals surface area contributed by atoms with Gasteiger partial charge in [0.15, 0.2) is 5.60 Å². The summed E-state index contributed by atoms with van der Waals surface area (Å²) in [6, 6.07) is 19.0. The SMILES string of the molecule is O=S1(=O)CCCN1CC12CCC(OCc3ccccc3)(C(F)(F)F)CC1CCCc1cc3c(cnn3-c3ccc(F)cc3)cc12. The van der Waals surface area contributed by atoms with E-state index in [9.17, 15) is 12.8 Å². The van der Waals surface area contributed by atoms with Crippen LogP contribution in [0.1, 0.15) is 55.2 Å². The Labute approximate surface area is 260 Å². The number of benzene rings is 3. The van der Waals surface area contributed by atoms with Crippen molar-refractivity contribution < 1.29 is 30.7 Å². The van der Waals surface area contributed by atoms with Crippen LogP contribution in [0.3, 0.4) is 0 Å². The minimum absolute atomic E-state index is 0.0523. The maximum Gasteiger partial charge on any atom is 0.417 e. The van der Waals surface area contributed by atoms with Gasteiger partial charge in [-0.3, -0.25) is 0 Å². The third-order valence-corrected chi connectivity index (χ3v) is 12.2. The standard InChI is InChI=1S/C34H35F4N3O3S/c35-28-10-12-29(13-11-28)41-31-19-25-8-4-9-27-20-33(34(36,37)38,44-22-24-6-2-1-3-7-24)15-14-32(27,30(25)18-26(31)21-39-41)23-40-16-5-17-45(40,42)43/h1-3,6-7,10-13,18-19,21,27H,4-5,8-9,14-17,20,22-23H2. The highest BCUT2D eigenvalue weighted by atomic mass is 32.2. The summed E-state index contributed by atoms with van der Waals surface area (Å²) in [5, 5.41) is 5.37. The molecule has 1 aromatic heterocycles. The number of fused-ring (bicyclic) bond motifs is 4. The summed E-state index contributed by atoms with van der Waals surface area (Å²) in [5.74, 6) is -0.754. The van der Waals surface area contributed by atoms with Gasteiger partial charge in [-0.05, 0) is 104 Å². The Bertz CT molecular complexity index is 1810. The number of hydrogen-bond donors (Lipinski definition) is 0.